The van der Waals surface area contributed by atoms with E-state index in [2.05, 4.69) is 0 Å². The second-order valence-electron chi connectivity index (χ2n) is 3.78. The molecule has 1 aliphatic heterocycles. The van der Waals surface area contributed by atoms with Gasteiger partial charge in [-0.3, -0.25) is 4.79 Å². The van der Waals surface area contributed by atoms with E-state index in [1.807, 2.05) is 12.1 Å². The van der Waals surface area contributed by atoms with Crippen molar-refractivity contribution < 1.29 is 4.79 Å². The van der Waals surface area contributed by atoms with Crippen molar-refractivity contribution in [3.63, 3.8) is 0 Å². The van der Waals surface area contributed by atoms with Crippen LogP contribution in [0.5, 0.6) is 0 Å². The number of carbonyl (C=O) groups is 1. The van der Waals surface area contributed by atoms with Crippen LogP contribution >= 0.6 is 11.6 Å². The lowest BCUT2D eigenvalue weighted by atomic mass is 10.2. The van der Waals surface area contributed by atoms with Gasteiger partial charge in [0.1, 0.15) is 0 Å². The Labute approximate surface area is 93.8 Å². The molecule has 4 heteroatoms. The summed E-state index contributed by atoms with van der Waals surface area (Å²) < 4.78 is 0. The van der Waals surface area contributed by atoms with E-state index in [1.54, 1.807) is 17.0 Å². The minimum Gasteiger partial charge on any atom is -0.337 e. The summed E-state index contributed by atoms with van der Waals surface area (Å²) >= 11 is 5.96. The molecule has 1 aliphatic rings. The smallest absolute Gasteiger partial charge is 0.255 e. The van der Waals surface area contributed by atoms with Gasteiger partial charge in [-0.1, -0.05) is 23.7 Å². The van der Waals surface area contributed by atoms with Crippen molar-refractivity contribution in [2.75, 3.05) is 13.1 Å². The third-order valence-electron chi connectivity index (χ3n) is 2.62. The Bertz CT molecular complexity index is 381. The average Bonchev–Trinajstić information content (AvgIpc) is 2.65. The molecule has 1 aromatic rings. The molecule has 2 rings (SSSR count). The standard InChI is InChI=1S/C11H13ClN2O/c12-10-4-2-1-3-9(10)11(15)14-6-5-8(13)7-14/h1-4,8H,5-7,13H2. The highest BCUT2D eigenvalue weighted by molar-refractivity contribution is 6.33. The number of benzene rings is 1. The predicted molar refractivity (Wildman–Crippen MR) is 59.9 cm³/mol. The van der Waals surface area contributed by atoms with Crippen LogP contribution in [0.2, 0.25) is 5.02 Å². The molecule has 80 valence electrons. The maximum atomic E-state index is 12.0. The van der Waals surface area contributed by atoms with Gasteiger partial charge in [0.2, 0.25) is 0 Å². The molecule has 2 N–H and O–H groups in total. The van der Waals surface area contributed by atoms with Gasteiger partial charge in [0, 0.05) is 19.1 Å². The highest BCUT2D eigenvalue weighted by Gasteiger charge is 2.25. The quantitative estimate of drug-likeness (QED) is 0.786. The number of nitrogens with zero attached hydrogens (tertiary/aromatic N) is 1. The van der Waals surface area contributed by atoms with Gasteiger partial charge < -0.3 is 10.6 Å². The van der Waals surface area contributed by atoms with Crippen molar-refractivity contribution in [3.8, 4) is 0 Å². The van der Waals surface area contributed by atoms with Gasteiger partial charge in [-0.2, -0.15) is 0 Å². The third-order valence-corrected chi connectivity index (χ3v) is 2.95. The highest BCUT2D eigenvalue weighted by atomic mass is 35.5. The van der Waals surface area contributed by atoms with Crippen molar-refractivity contribution in [2.45, 2.75) is 12.5 Å². The largest absolute Gasteiger partial charge is 0.337 e. The maximum Gasteiger partial charge on any atom is 0.255 e. The first-order chi connectivity index (χ1) is 7.18. The zero-order valence-corrected chi connectivity index (χ0v) is 9.07. The molecule has 0 bridgehead atoms. The molecule has 1 atom stereocenters. The van der Waals surface area contributed by atoms with Crippen LogP contribution in [0.25, 0.3) is 0 Å². The van der Waals surface area contributed by atoms with Gasteiger partial charge >= 0.3 is 0 Å². The molecule has 1 amide bonds. The number of halogens is 1. The van der Waals surface area contributed by atoms with E-state index in [-0.39, 0.29) is 11.9 Å². The molecule has 1 unspecified atom stereocenters. The van der Waals surface area contributed by atoms with Crippen LogP contribution in [0.3, 0.4) is 0 Å². The molecule has 0 aliphatic carbocycles. The second kappa shape index (κ2) is 4.21. The van der Waals surface area contributed by atoms with E-state index in [0.29, 0.717) is 17.1 Å². The van der Waals surface area contributed by atoms with Crippen molar-refractivity contribution in [3.05, 3.63) is 34.9 Å². The van der Waals surface area contributed by atoms with Crippen molar-refractivity contribution >= 4 is 17.5 Å². The molecule has 0 saturated carbocycles. The van der Waals surface area contributed by atoms with E-state index in [4.69, 9.17) is 17.3 Å². The maximum absolute atomic E-state index is 12.0. The Morgan fingerprint density at radius 1 is 1.47 bits per heavy atom. The van der Waals surface area contributed by atoms with Crippen LogP contribution in [0.1, 0.15) is 16.8 Å². The normalized spacial score (nSPS) is 20.7. The molecule has 1 saturated heterocycles. The molecule has 0 radical (unpaired) electrons. The number of hydrogen-bond donors (Lipinski definition) is 1. The Morgan fingerprint density at radius 2 is 2.20 bits per heavy atom. The fourth-order valence-corrected chi connectivity index (χ4v) is 1.99. The molecule has 1 heterocycles. The van der Waals surface area contributed by atoms with Crippen LogP contribution in [0.4, 0.5) is 0 Å². The van der Waals surface area contributed by atoms with Crippen molar-refractivity contribution in [1.82, 2.24) is 4.90 Å². The van der Waals surface area contributed by atoms with Crippen molar-refractivity contribution in [1.29, 1.82) is 0 Å². The lowest BCUT2D eigenvalue weighted by Crippen LogP contribution is -2.32. The predicted octanol–water partition coefficient (Wildman–Crippen LogP) is 1.51. The number of rotatable bonds is 1. The first kappa shape index (κ1) is 10.5. The Balaban J connectivity index is 2.18. The van der Waals surface area contributed by atoms with Gasteiger partial charge in [0.15, 0.2) is 0 Å². The fraction of sp³-hybridized carbons (Fsp3) is 0.364. The SMILES string of the molecule is NC1CCN(C(=O)c2ccccc2Cl)C1. The summed E-state index contributed by atoms with van der Waals surface area (Å²) in [7, 11) is 0. The molecule has 1 fully saturated rings. The molecule has 1 aromatic carbocycles. The summed E-state index contributed by atoms with van der Waals surface area (Å²) in [4.78, 5) is 13.8. The van der Waals surface area contributed by atoms with Crippen molar-refractivity contribution in [2.24, 2.45) is 5.73 Å². The summed E-state index contributed by atoms with van der Waals surface area (Å²) in [5.74, 6) is -0.0199. The molecule has 0 aromatic heterocycles. The first-order valence-corrected chi connectivity index (χ1v) is 5.35. The van der Waals surface area contributed by atoms with Crippen LogP contribution in [0.15, 0.2) is 24.3 Å². The summed E-state index contributed by atoms with van der Waals surface area (Å²) in [6, 6.07) is 7.21. The van der Waals surface area contributed by atoms with Gasteiger partial charge in [0.05, 0.1) is 10.6 Å². The number of carbonyl (C=O) groups excluding carboxylic acids is 1. The Kier molecular flexibility index (Phi) is 2.93. The van der Waals surface area contributed by atoms with Crippen LogP contribution in [-0.2, 0) is 0 Å². The van der Waals surface area contributed by atoms with Crippen LogP contribution in [0, 0.1) is 0 Å². The topological polar surface area (TPSA) is 46.3 Å². The van der Waals surface area contributed by atoms with Gasteiger partial charge in [0.25, 0.3) is 5.91 Å². The highest BCUT2D eigenvalue weighted by Crippen LogP contribution is 2.19. The lowest BCUT2D eigenvalue weighted by Gasteiger charge is -2.16. The summed E-state index contributed by atoms with van der Waals surface area (Å²) in [6.45, 7) is 1.36. The number of hydrogen-bond acceptors (Lipinski definition) is 2. The third kappa shape index (κ3) is 2.13. The molecular formula is C11H13ClN2O. The zero-order chi connectivity index (χ0) is 10.8. The Hall–Kier alpha value is -1.06. The summed E-state index contributed by atoms with van der Waals surface area (Å²) in [5, 5.41) is 0.503. The summed E-state index contributed by atoms with van der Waals surface area (Å²) in [5.41, 5.74) is 6.32. The minimum absolute atomic E-state index is 0.0199. The number of amides is 1. The van der Waals surface area contributed by atoms with Crippen LogP contribution < -0.4 is 5.73 Å². The fourth-order valence-electron chi connectivity index (χ4n) is 1.78. The first-order valence-electron chi connectivity index (χ1n) is 4.98. The lowest BCUT2D eigenvalue weighted by molar-refractivity contribution is 0.0791. The van der Waals surface area contributed by atoms with Gasteiger partial charge in [-0.25, -0.2) is 0 Å². The minimum atomic E-state index is -0.0199. The van der Waals surface area contributed by atoms with Crippen LogP contribution in [-0.4, -0.2) is 29.9 Å². The second-order valence-corrected chi connectivity index (χ2v) is 4.19. The summed E-state index contributed by atoms with van der Waals surface area (Å²) in [6.07, 6.45) is 0.871. The van der Waals surface area contributed by atoms with E-state index >= 15 is 0 Å². The van der Waals surface area contributed by atoms with E-state index in [0.717, 1.165) is 13.0 Å². The Morgan fingerprint density at radius 3 is 2.80 bits per heavy atom. The number of nitrogens with two attached hydrogens (primary N) is 1. The van der Waals surface area contributed by atoms with Gasteiger partial charge in [-0.15, -0.1) is 0 Å². The molecule has 15 heavy (non-hydrogen) atoms. The average molecular weight is 225 g/mol. The molecule has 0 spiro atoms. The molecular weight excluding hydrogens is 212 g/mol. The van der Waals surface area contributed by atoms with E-state index in [9.17, 15) is 4.79 Å². The molecule has 3 nitrogen and oxygen atoms in total. The van der Waals surface area contributed by atoms with E-state index in [1.165, 1.54) is 0 Å². The van der Waals surface area contributed by atoms with E-state index < -0.39 is 0 Å². The number of likely N-dealkylation sites (tertiary alicyclic amines) is 1. The zero-order valence-electron chi connectivity index (χ0n) is 8.32. The van der Waals surface area contributed by atoms with Gasteiger partial charge in [-0.05, 0) is 18.6 Å². The monoisotopic (exact) mass is 224 g/mol.